The van der Waals surface area contributed by atoms with Crippen molar-refractivity contribution in [2.45, 2.75) is 6.17 Å². The Kier molecular flexibility index (Phi) is 4.99. The highest BCUT2D eigenvalue weighted by Gasteiger charge is 2.37. The summed E-state index contributed by atoms with van der Waals surface area (Å²) in [7, 11) is 4.78. The van der Waals surface area contributed by atoms with E-state index in [9.17, 15) is 4.79 Å². The molecular formula is C23H22N2O4. The number of para-hydroxylation sites is 4. The number of carbonyl (C=O) groups is 1. The maximum atomic E-state index is 13.6. The molecule has 0 aliphatic carbocycles. The molecule has 1 heterocycles. The average molecular weight is 390 g/mol. The van der Waals surface area contributed by atoms with E-state index >= 15 is 0 Å². The van der Waals surface area contributed by atoms with Crippen LogP contribution in [0.4, 0.5) is 11.4 Å². The van der Waals surface area contributed by atoms with Crippen LogP contribution in [0.2, 0.25) is 0 Å². The smallest absolute Gasteiger partial charge is 0.262 e. The number of fused-ring (bicyclic) bond motifs is 1. The van der Waals surface area contributed by atoms with Gasteiger partial charge in [0.1, 0.15) is 11.9 Å². The first-order chi connectivity index (χ1) is 14.2. The second kappa shape index (κ2) is 7.75. The molecule has 3 aromatic carbocycles. The second-order valence-corrected chi connectivity index (χ2v) is 6.52. The van der Waals surface area contributed by atoms with Crippen LogP contribution >= 0.6 is 0 Å². The van der Waals surface area contributed by atoms with Gasteiger partial charge in [-0.3, -0.25) is 9.69 Å². The van der Waals surface area contributed by atoms with Crippen molar-refractivity contribution in [1.82, 2.24) is 0 Å². The summed E-state index contributed by atoms with van der Waals surface area (Å²) in [4.78, 5) is 15.3. The number of rotatable bonds is 5. The summed E-state index contributed by atoms with van der Waals surface area (Å²) in [5.74, 6) is 1.64. The normalized spacial score (nSPS) is 15.3. The maximum Gasteiger partial charge on any atom is 0.262 e. The molecule has 0 aromatic heterocycles. The van der Waals surface area contributed by atoms with Crippen molar-refractivity contribution in [1.29, 1.82) is 0 Å². The van der Waals surface area contributed by atoms with Crippen LogP contribution in [0.3, 0.4) is 0 Å². The van der Waals surface area contributed by atoms with Crippen LogP contribution in [0.5, 0.6) is 17.2 Å². The van der Waals surface area contributed by atoms with E-state index in [1.807, 2.05) is 66.7 Å². The predicted molar refractivity (Wildman–Crippen MR) is 112 cm³/mol. The Hall–Kier alpha value is -3.67. The van der Waals surface area contributed by atoms with Crippen molar-refractivity contribution < 1.29 is 19.0 Å². The molecule has 1 aliphatic heterocycles. The molecule has 1 N–H and O–H groups in total. The molecule has 0 spiro atoms. The van der Waals surface area contributed by atoms with Crippen molar-refractivity contribution in [3.63, 3.8) is 0 Å². The fraction of sp³-hybridized carbons (Fsp3) is 0.174. The number of hydrogen-bond donors (Lipinski definition) is 1. The third kappa shape index (κ3) is 3.12. The first-order valence-corrected chi connectivity index (χ1v) is 9.22. The SMILES string of the molecule is COc1ccccc1N1C(=O)c2ccccc2N[C@@H]1c1cccc(OC)c1OC. The van der Waals surface area contributed by atoms with Crippen LogP contribution in [0, 0.1) is 0 Å². The molecule has 0 unspecified atom stereocenters. The van der Waals surface area contributed by atoms with Gasteiger partial charge in [0.05, 0.1) is 32.6 Å². The number of anilines is 2. The van der Waals surface area contributed by atoms with Gasteiger partial charge in [-0.05, 0) is 30.3 Å². The van der Waals surface area contributed by atoms with Crippen LogP contribution in [-0.2, 0) is 0 Å². The summed E-state index contributed by atoms with van der Waals surface area (Å²) in [5, 5.41) is 3.48. The molecule has 6 nitrogen and oxygen atoms in total. The van der Waals surface area contributed by atoms with Gasteiger partial charge in [-0.25, -0.2) is 0 Å². The van der Waals surface area contributed by atoms with Gasteiger partial charge in [-0.2, -0.15) is 0 Å². The largest absolute Gasteiger partial charge is 0.495 e. The highest BCUT2D eigenvalue weighted by Crippen LogP contribution is 2.44. The number of amides is 1. The highest BCUT2D eigenvalue weighted by atomic mass is 16.5. The Morgan fingerprint density at radius 2 is 1.48 bits per heavy atom. The topological polar surface area (TPSA) is 60.0 Å². The molecule has 1 amide bonds. The van der Waals surface area contributed by atoms with E-state index in [2.05, 4.69) is 5.32 Å². The molecule has 0 bridgehead atoms. The zero-order chi connectivity index (χ0) is 20.4. The van der Waals surface area contributed by atoms with Gasteiger partial charge in [0.2, 0.25) is 0 Å². The van der Waals surface area contributed by atoms with Crippen molar-refractivity contribution in [2.24, 2.45) is 0 Å². The monoisotopic (exact) mass is 390 g/mol. The number of nitrogens with zero attached hydrogens (tertiary/aromatic N) is 1. The van der Waals surface area contributed by atoms with Gasteiger partial charge in [-0.15, -0.1) is 0 Å². The minimum Gasteiger partial charge on any atom is -0.495 e. The summed E-state index contributed by atoms with van der Waals surface area (Å²) in [6.45, 7) is 0. The molecule has 148 valence electrons. The van der Waals surface area contributed by atoms with Gasteiger partial charge < -0.3 is 19.5 Å². The van der Waals surface area contributed by atoms with E-state index < -0.39 is 6.17 Å². The standard InChI is InChI=1S/C23H22N2O4/c1-27-19-13-7-6-12-18(19)25-22(16-10-8-14-20(28-2)21(16)29-3)24-17-11-5-4-9-15(17)23(25)26/h4-14,22,24H,1-3H3/t22-/m0/s1. The van der Waals surface area contributed by atoms with Crippen molar-refractivity contribution in [2.75, 3.05) is 31.5 Å². The van der Waals surface area contributed by atoms with Gasteiger partial charge in [0.25, 0.3) is 5.91 Å². The average Bonchev–Trinajstić information content (AvgIpc) is 2.78. The van der Waals surface area contributed by atoms with Gasteiger partial charge in [0.15, 0.2) is 11.5 Å². The molecule has 1 aliphatic rings. The third-order valence-corrected chi connectivity index (χ3v) is 5.00. The highest BCUT2D eigenvalue weighted by molar-refractivity contribution is 6.12. The van der Waals surface area contributed by atoms with E-state index in [0.717, 1.165) is 11.3 Å². The Labute approximate surface area is 169 Å². The number of hydrogen-bond acceptors (Lipinski definition) is 5. The van der Waals surface area contributed by atoms with E-state index in [4.69, 9.17) is 14.2 Å². The lowest BCUT2D eigenvalue weighted by Crippen LogP contribution is -2.43. The molecule has 0 saturated carbocycles. The van der Waals surface area contributed by atoms with E-state index in [0.29, 0.717) is 28.5 Å². The van der Waals surface area contributed by atoms with E-state index in [1.54, 1.807) is 26.2 Å². The number of nitrogens with one attached hydrogen (secondary N) is 1. The van der Waals surface area contributed by atoms with Crippen LogP contribution in [0.25, 0.3) is 0 Å². The zero-order valence-electron chi connectivity index (χ0n) is 16.5. The minimum absolute atomic E-state index is 0.126. The lowest BCUT2D eigenvalue weighted by atomic mass is 10.0. The quantitative estimate of drug-likeness (QED) is 0.696. The summed E-state index contributed by atoms with van der Waals surface area (Å²) in [6.07, 6.45) is -0.515. The van der Waals surface area contributed by atoms with Crippen LogP contribution in [0.15, 0.2) is 66.7 Å². The van der Waals surface area contributed by atoms with Crippen molar-refractivity contribution in [3.8, 4) is 17.2 Å². The van der Waals surface area contributed by atoms with Crippen molar-refractivity contribution >= 4 is 17.3 Å². The summed E-state index contributed by atoms with van der Waals surface area (Å²) >= 11 is 0. The Morgan fingerprint density at radius 1 is 0.793 bits per heavy atom. The first kappa shape index (κ1) is 18.7. The Balaban J connectivity index is 1.94. The molecule has 6 heteroatoms. The minimum atomic E-state index is -0.515. The molecule has 4 rings (SSSR count). The summed E-state index contributed by atoms with van der Waals surface area (Å²) < 4.78 is 16.7. The van der Waals surface area contributed by atoms with Crippen LogP contribution < -0.4 is 24.4 Å². The Bertz CT molecular complexity index is 1050. The molecule has 3 aromatic rings. The fourth-order valence-corrected chi connectivity index (χ4v) is 3.68. The molecule has 29 heavy (non-hydrogen) atoms. The lowest BCUT2D eigenvalue weighted by Gasteiger charge is -2.39. The molecular weight excluding hydrogens is 368 g/mol. The number of carbonyl (C=O) groups excluding carboxylic acids is 1. The zero-order valence-corrected chi connectivity index (χ0v) is 16.5. The number of methoxy groups -OCH3 is 3. The van der Waals surface area contributed by atoms with E-state index in [1.165, 1.54) is 0 Å². The van der Waals surface area contributed by atoms with Gasteiger partial charge in [-0.1, -0.05) is 36.4 Å². The van der Waals surface area contributed by atoms with Crippen LogP contribution in [-0.4, -0.2) is 27.2 Å². The lowest BCUT2D eigenvalue weighted by molar-refractivity contribution is 0.0973. The fourth-order valence-electron chi connectivity index (χ4n) is 3.68. The van der Waals surface area contributed by atoms with E-state index in [-0.39, 0.29) is 5.91 Å². The molecule has 1 atom stereocenters. The molecule has 0 saturated heterocycles. The number of ether oxygens (including phenoxy) is 3. The summed E-state index contributed by atoms with van der Waals surface area (Å²) in [6, 6.07) is 20.5. The van der Waals surface area contributed by atoms with Gasteiger partial charge in [0, 0.05) is 11.3 Å². The van der Waals surface area contributed by atoms with Crippen LogP contribution in [0.1, 0.15) is 22.1 Å². The third-order valence-electron chi connectivity index (χ3n) is 5.00. The molecule has 0 radical (unpaired) electrons. The second-order valence-electron chi connectivity index (χ2n) is 6.52. The maximum absolute atomic E-state index is 13.6. The van der Waals surface area contributed by atoms with Crippen molar-refractivity contribution in [3.05, 3.63) is 77.9 Å². The molecule has 0 fully saturated rings. The predicted octanol–water partition coefficient (Wildman–Crippen LogP) is 4.48. The summed E-state index contributed by atoms with van der Waals surface area (Å²) in [5.41, 5.74) is 2.80. The first-order valence-electron chi connectivity index (χ1n) is 9.22. The number of benzene rings is 3. The van der Waals surface area contributed by atoms with Gasteiger partial charge >= 0.3 is 0 Å². The Morgan fingerprint density at radius 3 is 2.24 bits per heavy atom.